The Morgan fingerprint density at radius 2 is 1.90 bits per heavy atom. The van der Waals surface area contributed by atoms with Crippen LogP contribution in [-0.4, -0.2) is 21.2 Å². The molecule has 0 aliphatic carbocycles. The smallest absolute Gasteiger partial charge is 0.224 e. The Morgan fingerprint density at radius 3 is 2.68 bits per heavy atom. The maximum absolute atomic E-state index is 12.8. The predicted molar refractivity (Wildman–Crippen MR) is 120 cm³/mol. The molecule has 0 saturated heterocycles. The lowest BCUT2D eigenvalue weighted by atomic mass is 10.1. The van der Waals surface area contributed by atoms with Crippen molar-refractivity contribution in [1.82, 2.24) is 9.55 Å². The van der Waals surface area contributed by atoms with E-state index < -0.39 is 0 Å². The van der Waals surface area contributed by atoms with Crippen molar-refractivity contribution >= 4 is 34.0 Å². The van der Waals surface area contributed by atoms with Crippen LogP contribution < -0.4 is 15.8 Å². The molecule has 7 heteroatoms. The molecule has 0 aliphatic rings. The fraction of sp³-hybridized carbons (Fsp3) is 0.125. The summed E-state index contributed by atoms with van der Waals surface area (Å²) in [5, 5.41) is 3.57. The monoisotopic (exact) mass is 414 g/mol. The summed E-state index contributed by atoms with van der Waals surface area (Å²) in [7, 11) is 1.87. The topological polar surface area (TPSA) is 99.2 Å². The van der Waals surface area contributed by atoms with Crippen molar-refractivity contribution in [1.29, 1.82) is 0 Å². The molecule has 2 aromatic heterocycles. The molecule has 4 rings (SSSR count). The number of rotatable bonds is 7. The van der Waals surface area contributed by atoms with E-state index in [4.69, 9.17) is 10.5 Å². The quantitative estimate of drug-likeness (QED) is 0.341. The Kier molecular flexibility index (Phi) is 5.66. The van der Waals surface area contributed by atoms with E-state index in [9.17, 15) is 9.59 Å². The second-order valence-corrected chi connectivity index (χ2v) is 7.18. The molecule has 0 unspecified atom stereocenters. The van der Waals surface area contributed by atoms with Gasteiger partial charge in [0.25, 0.3) is 0 Å². The zero-order chi connectivity index (χ0) is 21.8. The highest BCUT2D eigenvalue weighted by molar-refractivity contribution is 6.09. The zero-order valence-corrected chi connectivity index (χ0v) is 17.0. The standard InChI is InChI=1S/C24H22N4O3/c1-28-15-19(23(29)10-11-24(30)27-21-7-3-2-6-20(21)25)18-9-8-16(13-22(18)28)31-17-5-4-12-26-14-17/h2-9,12-15H,10-11,25H2,1H3,(H,27,30). The van der Waals surface area contributed by atoms with Gasteiger partial charge in [0, 0.05) is 49.3 Å². The molecular formula is C24H22N4O3. The van der Waals surface area contributed by atoms with E-state index in [0.29, 0.717) is 28.4 Å². The Balaban J connectivity index is 1.45. The lowest BCUT2D eigenvalue weighted by molar-refractivity contribution is -0.116. The number of Topliss-reactive ketones (excluding diaryl/α,β-unsaturated/α-hetero) is 1. The minimum absolute atomic E-state index is 0.0752. The van der Waals surface area contributed by atoms with Gasteiger partial charge in [-0.2, -0.15) is 0 Å². The van der Waals surface area contributed by atoms with Gasteiger partial charge in [-0.1, -0.05) is 12.1 Å². The summed E-state index contributed by atoms with van der Waals surface area (Å²) in [4.78, 5) is 29.1. The van der Waals surface area contributed by atoms with Crippen molar-refractivity contribution in [3.8, 4) is 11.5 Å². The summed E-state index contributed by atoms with van der Waals surface area (Å²) in [6.45, 7) is 0. The number of para-hydroxylation sites is 2. The van der Waals surface area contributed by atoms with Crippen LogP contribution in [0.3, 0.4) is 0 Å². The SMILES string of the molecule is Cn1cc(C(=O)CCC(=O)Nc2ccccc2N)c2ccc(Oc3cccnc3)cc21. The van der Waals surface area contributed by atoms with Gasteiger partial charge in [-0.25, -0.2) is 0 Å². The Morgan fingerprint density at radius 1 is 1.06 bits per heavy atom. The third-order valence-electron chi connectivity index (χ3n) is 4.95. The first-order chi connectivity index (χ1) is 15.0. The summed E-state index contributed by atoms with van der Waals surface area (Å²) in [5.74, 6) is 0.944. The Labute approximate surface area is 179 Å². The van der Waals surface area contributed by atoms with Gasteiger partial charge in [0.1, 0.15) is 11.5 Å². The molecule has 1 amide bonds. The fourth-order valence-electron chi connectivity index (χ4n) is 3.38. The summed E-state index contributed by atoms with van der Waals surface area (Å²) in [6, 6.07) is 16.2. The van der Waals surface area contributed by atoms with E-state index >= 15 is 0 Å². The highest BCUT2D eigenvalue weighted by Crippen LogP contribution is 2.29. The number of hydrogen-bond acceptors (Lipinski definition) is 5. The number of amides is 1. The number of ether oxygens (including phenoxy) is 1. The number of nitrogens with one attached hydrogen (secondary N) is 1. The Bertz CT molecular complexity index is 1250. The van der Waals surface area contributed by atoms with E-state index in [1.54, 1.807) is 48.9 Å². The molecule has 0 saturated carbocycles. The van der Waals surface area contributed by atoms with E-state index in [2.05, 4.69) is 10.3 Å². The molecule has 2 heterocycles. The largest absolute Gasteiger partial charge is 0.456 e. The van der Waals surface area contributed by atoms with Crippen molar-refractivity contribution in [3.63, 3.8) is 0 Å². The molecule has 156 valence electrons. The first-order valence-electron chi connectivity index (χ1n) is 9.86. The lowest BCUT2D eigenvalue weighted by Crippen LogP contribution is -2.14. The summed E-state index contributed by atoms with van der Waals surface area (Å²) < 4.78 is 7.71. The molecule has 0 fully saturated rings. The molecule has 2 aromatic carbocycles. The van der Waals surface area contributed by atoms with Crippen molar-refractivity contribution in [3.05, 3.63) is 78.8 Å². The van der Waals surface area contributed by atoms with Crippen molar-refractivity contribution < 1.29 is 14.3 Å². The van der Waals surface area contributed by atoms with Gasteiger partial charge in [-0.3, -0.25) is 14.6 Å². The van der Waals surface area contributed by atoms with Crippen LogP contribution in [0.25, 0.3) is 10.9 Å². The minimum Gasteiger partial charge on any atom is -0.456 e. The lowest BCUT2D eigenvalue weighted by Gasteiger charge is -2.07. The molecule has 0 atom stereocenters. The van der Waals surface area contributed by atoms with Crippen LogP contribution >= 0.6 is 0 Å². The second kappa shape index (κ2) is 8.71. The Hall–Kier alpha value is -4.13. The summed E-state index contributed by atoms with van der Waals surface area (Å²) in [5.41, 5.74) is 8.33. The van der Waals surface area contributed by atoms with Crippen LogP contribution in [0.1, 0.15) is 23.2 Å². The summed E-state index contributed by atoms with van der Waals surface area (Å²) >= 11 is 0. The zero-order valence-electron chi connectivity index (χ0n) is 17.0. The van der Waals surface area contributed by atoms with E-state index in [1.807, 2.05) is 35.9 Å². The van der Waals surface area contributed by atoms with Gasteiger partial charge in [0.15, 0.2) is 5.78 Å². The van der Waals surface area contributed by atoms with Crippen molar-refractivity contribution in [2.24, 2.45) is 7.05 Å². The number of carbonyl (C=O) groups is 2. The maximum atomic E-state index is 12.8. The summed E-state index contributed by atoms with van der Waals surface area (Å²) in [6.07, 6.45) is 5.28. The van der Waals surface area contributed by atoms with Gasteiger partial charge in [-0.05, 0) is 36.4 Å². The normalized spacial score (nSPS) is 10.7. The van der Waals surface area contributed by atoms with E-state index in [1.165, 1.54) is 0 Å². The number of nitrogens with two attached hydrogens (primary N) is 1. The molecule has 0 bridgehead atoms. The molecular weight excluding hydrogens is 392 g/mol. The van der Waals surface area contributed by atoms with Crippen molar-refractivity contribution in [2.45, 2.75) is 12.8 Å². The third-order valence-corrected chi connectivity index (χ3v) is 4.95. The highest BCUT2D eigenvalue weighted by Gasteiger charge is 2.16. The molecule has 4 aromatic rings. The van der Waals surface area contributed by atoms with Crippen LogP contribution in [0.4, 0.5) is 11.4 Å². The van der Waals surface area contributed by atoms with Gasteiger partial charge in [-0.15, -0.1) is 0 Å². The first kappa shape index (κ1) is 20.2. The van der Waals surface area contributed by atoms with Gasteiger partial charge in [0.2, 0.25) is 5.91 Å². The first-order valence-corrected chi connectivity index (χ1v) is 9.86. The van der Waals surface area contributed by atoms with E-state index in [0.717, 1.165) is 10.9 Å². The molecule has 0 aliphatic heterocycles. The van der Waals surface area contributed by atoms with Crippen LogP contribution in [0.2, 0.25) is 0 Å². The molecule has 3 N–H and O–H groups in total. The van der Waals surface area contributed by atoms with Crippen LogP contribution in [0.5, 0.6) is 11.5 Å². The number of aryl methyl sites for hydroxylation is 1. The molecule has 0 spiro atoms. The molecule has 0 radical (unpaired) electrons. The number of carbonyl (C=O) groups excluding carboxylic acids is 2. The average Bonchev–Trinajstić information content (AvgIpc) is 3.10. The van der Waals surface area contributed by atoms with Crippen LogP contribution in [0.15, 0.2) is 73.2 Å². The predicted octanol–water partition coefficient (Wildman–Crippen LogP) is 4.55. The maximum Gasteiger partial charge on any atom is 0.224 e. The second-order valence-electron chi connectivity index (χ2n) is 7.18. The number of nitrogens with zero attached hydrogens (tertiary/aromatic N) is 2. The number of pyridine rings is 1. The number of nitrogen functional groups attached to an aromatic ring is 1. The van der Waals surface area contributed by atoms with Crippen LogP contribution in [0, 0.1) is 0 Å². The van der Waals surface area contributed by atoms with E-state index in [-0.39, 0.29) is 24.5 Å². The molecule has 31 heavy (non-hydrogen) atoms. The van der Waals surface area contributed by atoms with Crippen LogP contribution in [-0.2, 0) is 11.8 Å². The van der Waals surface area contributed by atoms with Crippen molar-refractivity contribution in [2.75, 3.05) is 11.1 Å². The van der Waals surface area contributed by atoms with Gasteiger partial charge in [0.05, 0.1) is 23.1 Å². The number of anilines is 2. The van der Waals surface area contributed by atoms with Gasteiger partial charge < -0.3 is 20.4 Å². The fourth-order valence-corrected chi connectivity index (χ4v) is 3.38. The number of ketones is 1. The van der Waals surface area contributed by atoms with Gasteiger partial charge >= 0.3 is 0 Å². The highest BCUT2D eigenvalue weighted by atomic mass is 16.5. The third kappa shape index (κ3) is 4.56. The number of hydrogen-bond donors (Lipinski definition) is 2. The average molecular weight is 414 g/mol. The number of benzene rings is 2. The number of fused-ring (bicyclic) bond motifs is 1. The molecule has 7 nitrogen and oxygen atoms in total. The number of aromatic nitrogens is 2. The minimum atomic E-state index is -0.251.